The third kappa shape index (κ3) is 2.55. The molecule has 0 aliphatic rings. The first kappa shape index (κ1) is 11.6. The molecule has 0 heterocycles. The summed E-state index contributed by atoms with van der Waals surface area (Å²) in [5.74, 6) is 5.60. The van der Waals surface area contributed by atoms with E-state index in [-0.39, 0.29) is 0 Å². The minimum atomic E-state index is -1.19. The van der Waals surface area contributed by atoms with Crippen LogP contribution in [-0.2, 0) is 0 Å². The average Bonchev–Trinajstić information content (AvgIpc) is 1.86. The highest BCUT2D eigenvalue weighted by Crippen LogP contribution is 2.25. The average molecular weight is 194 g/mol. The minimum Gasteiger partial charge on any atom is -0.120 e. The zero-order valence-electron chi connectivity index (χ0n) is 8.57. The van der Waals surface area contributed by atoms with Gasteiger partial charge < -0.3 is 0 Å². The van der Waals surface area contributed by atoms with Crippen molar-refractivity contribution in [3.05, 3.63) is 0 Å². The normalized spacial score (nSPS) is 11.8. The Morgan fingerprint density at radius 3 is 1.25 bits per heavy atom. The molecule has 0 nitrogen and oxygen atoms in total. The molecule has 0 aromatic carbocycles. The highest BCUT2D eigenvalue weighted by atomic mass is 29.3. The van der Waals surface area contributed by atoms with Crippen molar-refractivity contribution in [1.82, 2.24) is 0 Å². The standard InChI is InChI=1S/C10H18Si2/c1-7-9-11(3,4)12(5,6)10-8-2/h1-2H,9-10H2,3-6H3. The van der Waals surface area contributed by atoms with Gasteiger partial charge in [0.15, 0.2) is 0 Å². The molecule has 0 bridgehead atoms. The fourth-order valence-electron chi connectivity index (χ4n) is 0.989. The molecule has 12 heavy (non-hydrogen) atoms. The van der Waals surface area contributed by atoms with Gasteiger partial charge in [-0.05, 0) is 0 Å². The van der Waals surface area contributed by atoms with E-state index >= 15 is 0 Å². The van der Waals surface area contributed by atoms with Gasteiger partial charge in [-0.2, -0.15) is 0 Å². The summed E-state index contributed by atoms with van der Waals surface area (Å²) >= 11 is 0. The molecule has 0 aromatic rings. The minimum absolute atomic E-state index is 0.980. The maximum absolute atomic E-state index is 5.36. The van der Waals surface area contributed by atoms with Crippen LogP contribution in [0.4, 0.5) is 0 Å². The molecule has 0 aliphatic carbocycles. The molecule has 0 spiro atoms. The number of terminal acetylenes is 2. The first-order valence-corrected chi connectivity index (χ1v) is 11.7. The van der Waals surface area contributed by atoms with Crippen LogP contribution in [0.5, 0.6) is 0 Å². The lowest BCUT2D eigenvalue weighted by molar-refractivity contribution is 1.55. The Labute approximate surface area is 78.6 Å². The highest BCUT2D eigenvalue weighted by Gasteiger charge is 2.39. The molecule has 0 amide bonds. The smallest absolute Gasteiger partial charge is 0.0555 e. The van der Waals surface area contributed by atoms with Crippen LogP contribution in [0.2, 0.25) is 38.3 Å². The van der Waals surface area contributed by atoms with E-state index < -0.39 is 15.2 Å². The Morgan fingerprint density at radius 1 is 0.833 bits per heavy atom. The predicted octanol–water partition coefficient (Wildman–Crippen LogP) is 2.75. The summed E-state index contributed by atoms with van der Waals surface area (Å²) in [5.41, 5.74) is 0. The number of hydrogen-bond acceptors (Lipinski definition) is 0. The van der Waals surface area contributed by atoms with Crippen LogP contribution in [0.1, 0.15) is 0 Å². The molecular formula is C10H18Si2. The van der Waals surface area contributed by atoms with Gasteiger partial charge in [0.05, 0.1) is 15.2 Å². The predicted molar refractivity (Wildman–Crippen MR) is 62.2 cm³/mol. The molecule has 0 atom stereocenters. The van der Waals surface area contributed by atoms with Crippen molar-refractivity contribution >= 4 is 15.2 Å². The SMILES string of the molecule is C#CC[Si](C)(C)[Si](C)(C)CC#C. The van der Waals surface area contributed by atoms with Gasteiger partial charge in [0.1, 0.15) is 0 Å². The second kappa shape index (κ2) is 3.98. The van der Waals surface area contributed by atoms with E-state index in [1.165, 1.54) is 0 Å². The molecule has 0 unspecified atom stereocenters. The Bertz CT molecular complexity index is 199. The summed E-state index contributed by atoms with van der Waals surface area (Å²) in [4.78, 5) is 0. The third-order valence-corrected chi connectivity index (χ3v) is 20.8. The summed E-state index contributed by atoms with van der Waals surface area (Å²) in [5, 5.41) is 0. The Morgan fingerprint density at radius 2 is 1.08 bits per heavy atom. The van der Waals surface area contributed by atoms with Crippen molar-refractivity contribution in [2.24, 2.45) is 0 Å². The maximum Gasteiger partial charge on any atom is 0.0555 e. The second-order valence-corrected chi connectivity index (χ2v) is 20.9. The monoisotopic (exact) mass is 194 g/mol. The number of rotatable bonds is 3. The maximum atomic E-state index is 5.36. The topological polar surface area (TPSA) is 0 Å². The Balaban J connectivity index is 4.55. The summed E-state index contributed by atoms with van der Waals surface area (Å²) in [6, 6.07) is 1.96. The first-order valence-electron chi connectivity index (χ1n) is 4.24. The number of hydrogen-bond donors (Lipinski definition) is 0. The van der Waals surface area contributed by atoms with Crippen LogP contribution >= 0.6 is 0 Å². The molecule has 66 valence electrons. The van der Waals surface area contributed by atoms with Gasteiger partial charge in [0.25, 0.3) is 0 Å². The van der Waals surface area contributed by atoms with E-state index in [0.29, 0.717) is 0 Å². The van der Waals surface area contributed by atoms with Crippen LogP contribution in [0.3, 0.4) is 0 Å². The van der Waals surface area contributed by atoms with Crippen molar-refractivity contribution in [3.63, 3.8) is 0 Å². The van der Waals surface area contributed by atoms with Gasteiger partial charge in [-0.3, -0.25) is 0 Å². The van der Waals surface area contributed by atoms with Gasteiger partial charge in [-0.15, -0.1) is 24.7 Å². The van der Waals surface area contributed by atoms with Crippen molar-refractivity contribution in [2.45, 2.75) is 38.3 Å². The molecule has 0 N–H and O–H groups in total. The van der Waals surface area contributed by atoms with Gasteiger partial charge in [-0.25, -0.2) is 0 Å². The van der Waals surface area contributed by atoms with E-state index in [4.69, 9.17) is 12.8 Å². The van der Waals surface area contributed by atoms with Gasteiger partial charge in [0.2, 0.25) is 0 Å². The summed E-state index contributed by atoms with van der Waals surface area (Å²) < 4.78 is 0. The summed E-state index contributed by atoms with van der Waals surface area (Å²) in [7, 11) is -2.38. The Hall–Kier alpha value is -0.446. The first-order chi connectivity index (χ1) is 5.37. The van der Waals surface area contributed by atoms with Crippen molar-refractivity contribution in [2.75, 3.05) is 0 Å². The molecule has 0 saturated carbocycles. The summed E-state index contributed by atoms with van der Waals surface area (Å²) in [6.45, 7) is 9.49. The van der Waals surface area contributed by atoms with Crippen molar-refractivity contribution in [1.29, 1.82) is 0 Å². The fraction of sp³-hybridized carbons (Fsp3) is 0.600. The van der Waals surface area contributed by atoms with E-state index in [1.807, 2.05) is 0 Å². The highest BCUT2D eigenvalue weighted by molar-refractivity contribution is 7.41. The molecule has 0 saturated heterocycles. The molecule has 0 radical (unpaired) electrons. The van der Waals surface area contributed by atoms with E-state index in [9.17, 15) is 0 Å². The quantitative estimate of drug-likeness (QED) is 0.479. The van der Waals surface area contributed by atoms with Gasteiger partial charge in [0, 0.05) is 12.1 Å². The lowest BCUT2D eigenvalue weighted by Crippen LogP contribution is -2.53. The van der Waals surface area contributed by atoms with Crippen LogP contribution in [0.25, 0.3) is 0 Å². The van der Waals surface area contributed by atoms with Crippen molar-refractivity contribution < 1.29 is 0 Å². The summed E-state index contributed by atoms with van der Waals surface area (Å²) in [6.07, 6.45) is 10.7. The van der Waals surface area contributed by atoms with E-state index in [1.54, 1.807) is 0 Å². The van der Waals surface area contributed by atoms with Gasteiger partial charge in [-0.1, -0.05) is 26.2 Å². The second-order valence-electron chi connectivity index (χ2n) is 4.53. The molecule has 0 aliphatic heterocycles. The molecule has 2 heteroatoms. The molecule has 0 rings (SSSR count). The molecular weight excluding hydrogens is 176 g/mol. The zero-order valence-corrected chi connectivity index (χ0v) is 10.6. The lowest BCUT2D eigenvalue weighted by atomic mass is 10.8. The van der Waals surface area contributed by atoms with Crippen LogP contribution in [-0.4, -0.2) is 15.2 Å². The van der Waals surface area contributed by atoms with E-state index in [2.05, 4.69) is 38.0 Å². The molecule has 0 aromatic heterocycles. The lowest BCUT2D eigenvalue weighted by Gasteiger charge is -2.35. The Kier molecular flexibility index (Phi) is 3.83. The van der Waals surface area contributed by atoms with Gasteiger partial charge >= 0.3 is 0 Å². The molecule has 0 fully saturated rings. The zero-order chi connectivity index (χ0) is 9.83. The fourth-order valence-corrected chi connectivity index (χ4v) is 6.45. The third-order valence-electron chi connectivity index (χ3n) is 2.92. The van der Waals surface area contributed by atoms with E-state index in [0.717, 1.165) is 12.1 Å². The largest absolute Gasteiger partial charge is 0.120 e. The van der Waals surface area contributed by atoms with Crippen LogP contribution in [0, 0.1) is 24.7 Å². The van der Waals surface area contributed by atoms with Crippen LogP contribution < -0.4 is 0 Å². The van der Waals surface area contributed by atoms with Crippen LogP contribution in [0.15, 0.2) is 0 Å². The van der Waals surface area contributed by atoms with Crippen molar-refractivity contribution in [3.8, 4) is 24.7 Å².